The van der Waals surface area contributed by atoms with Crippen LogP contribution in [0.4, 0.5) is 10.1 Å². The highest BCUT2D eigenvalue weighted by molar-refractivity contribution is 14.1. The molecule has 1 aliphatic heterocycles. The average molecular weight is 667 g/mol. The van der Waals surface area contributed by atoms with Gasteiger partial charge in [0.25, 0.3) is 5.91 Å². The van der Waals surface area contributed by atoms with Crippen LogP contribution in [-0.4, -0.2) is 18.2 Å². The van der Waals surface area contributed by atoms with Crippen molar-refractivity contribution in [3.8, 4) is 11.5 Å². The van der Waals surface area contributed by atoms with Crippen molar-refractivity contribution in [3.05, 3.63) is 89.6 Å². The van der Waals surface area contributed by atoms with E-state index in [1.807, 2.05) is 38.1 Å². The molecule has 1 amide bonds. The van der Waals surface area contributed by atoms with Crippen molar-refractivity contribution in [1.82, 2.24) is 5.32 Å². The van der Waals surface area contributed by atoms with Crippen molar-refractivity contribution in [3.63, 3.8) is 0 Å². The van der Waals surface area contributed by atoms with E-state index in [0.29, 0.717) is 21.6 Å². The molecule has 180 valence electrons. The number of ether oxygens (including phenoxy) is 2. The lowest BCUT2D eigenvalue weighted by molar-refractivity contribution is -0.115. The van der Waals surface area contributed by atoms with Gasteiger partial charge in [0.05, 0.1) is 21.3 Å². The molecule has 5 nitrogen and oxygen atoms in total. The minimum absolute atomic E-state index is 0.204. The van der Waals surface area contributed by atoms with Gasteiger partial charge in [-0.3, -0.25) is 4.79 Å². The number of nitrogens with zero attached hydrogens (tertiary/aromatic N) is 1. The molecule has 0 bridgehead atoms. The molecule has 0 aliphatic carbocycles. The van der Waals surface area contributed by atoms with Crippen LogP contribution in [0.5, 0.6) is 11.5 Å². The third-order valence-electron chi connectivity index (χ3n) is 5.15. The van der Waals surface area contributed by atoms with E-state index < -0.39 is 0 Å². The summed E-state index contributed by atoms with van der Waals surface area (Å²) in [6, 6.07) is 13.8. The first-order chi connectivity index (χ1) is 16.7. The largest absolute Gasteiger partial charge is 0.493 e. The van der Waals surface area contributed by atoms with Gasteiger partial charge in [0.2, 0.25) is 0 Å². The van der Waals surface area contributed by atoms with Crippen molar-refractivity contribution in [2.75, 3.05) is 7.11 Å². The van der Waals surface area contributed by atoms with Crippen molar-refractivity contribution >= 4 is 73.1 Å². The molecule has 3 aromatic carbocycles. The summed E-state index contributed by atoms with van der Waals surface area (Å²) in [5.74, 6) is 0.641. The number of aryl methyl sites for hydroxylation is 2. The Morgan fingerprint density at radius 2 is 1.83 bits per heavy atom. The first-order valence-electron chi connectivity index (χ1n) is 10.5. The normalized spacial score (nSPS) is 15.5. The maximum Gasteiger partial charge on any atom is 0.264 e. The van der Waals surface area contributed by atoms with Crippen LogP contribution in [0.2, 0.25) is 0 Å². The molecule has 0 aromatic heterocycles. The molecule has 0 saturated carbocycles. The van der Waals surface area contributed by atoms with E-state index in [4.69, 9.17) is 9.47 Å². The summed E-state index contributed by atoms with van der Waals surface area (Å²) in [6.45, 7) is 4.29. The molecule has 1 N–H and O–H groups in total. The summed E-state index contributed by atoms with van der Waals surface area (Å²) in [5, 5.41) is 3.36. The SMILES string of the molecule is COc1cc(/C=C2\SC(=Nc3cc(C)c(Br)c(C)c3)NC2=O)cc(I)c1OCc1ccc(F)cc1. The zero-order valence-electron chi connectivity index (χ0n) is 19.1. The van der Waals surface area contributed by atoms with Crippen LogP contribution in [-0.2, 0) is 11.4 Å². The van der Waals surface area contributed by atoms with Crippen LogP contribution in [0.1, 0.15) is 22.3 Å². The Morgan fingerprint density at radius 3 is 2.49 bits per heavy atom. The van der Waals surface area contributed by atoms with Crippen LogP contribution in [0, 0.1) is 23.2 Å². The van der Waals surface area contributed by atoms with Crippen LogP contribution in [0.25, 0.3) is 6.08 Å². The first kappa shape index (κ1) is 25.7. The highest BCUT2D eigenvalue weighted by atomic mass is 127. The Kier molecular flexibility index (Phi) is 8.18. The van der Waals surface area contributed by atoms with Crippen LogP contribution >= 0.6 is 50.3 Å². The summed E-state index contributed by atoms with van der Waals surface area (Å²) in [7, 11) is 1.57. The zero-order chi connectivity index (χ0) is 25.1. The fourth-order valence-electron chi connectivity index (χ4n) is 3.44. The van der Waals surface area contributed by atoms with E-state index in [2.05, 4.69) is 48.8 Å². The van der Waals surface area contributed by atoms with Crippen LogP contribution in [0.3, 0.4) is 0 Å². The van der Waals surface area contributed by atoms with E-state index in [9.17, 15) is 9.18 Å². The maximum absolute atomic E-state index is 13.1. The number of thioether (sulfide) groups is 1. The van der Waals surface area contributed by atoms with Gasteiger partial charge >= 0.3 is 0 Å². The Balaban J connectivity index is 1.54. The van der Waals surface area contributed by atoms with E-state index in [1.165, 1.54) is 23.9 Å². The Bertz CT molecular complexity index is 1340. The summed E-state index contributed by atoms with van der Waals surface area (Å²) < 4.78 is 26.5. The van der Waals surface area contributed by atoms with Gasteiger partial charge in [0.1, 0.15) is 12.4 Å². The molecule has 1 saturated heterocycles. The van der Waals surface area contributed by atoms with E-state index in [0.717, 1.165) is 36.0 Å². The molecule has 1 heterocycles. The van der Waals surface area contributed by atoms with E-state index >= 15 is 0 Å². The number of aliphatic imine (C=N–C) groups is 1. The summed E-state index contributed by atoms with van der Waals surface area (Å²) >= 11 is 7.03. The summed E-state index contributed by atoms with van der Waals surface area (Å²) in [6.07, 6.45) is 1.80. The summed E-state index contributed by atoms with van der Waals surface area (Å²) in [4.78, 5) is 17.7. The van der Waals surface area contributed by atoms with Crippen molar-refractivity contribution in [2.24, 2.45) is 4.99 Å². The van der Waals surface area contributed by atoms with Gasteiger partial charge in [-0.2, -0.15) is 0 Å². The zero-order valence-corrected chi connectivity index (χ0v) is 23.7. The van der Waals surface area contributed by atoms with Crippen molar-refractivity contribution < 1.29 is 18.7 Å². The number of benzene rings is 3. The lowest BCUT2D eigenvalue weighted by Crippen LogP contribution is -2.19. The predicted molar refractivity (Wildman–Crippen MR) is 151 cm³/mol. The molecule has 1 fully saturated rings. The number of halogens is 3. The van der Waals surface area contributed by atoms with Gasteiger partial charge < -0.3 is 14.8 Å². The van der Waals surface area contributed by atoms with E-state index in [-0.39, 0.29) is 18.3 Å². The van der Waals surface area contributed by atoms with Gasteiger partial charge in [-0.15, -0.1) is 0 Å². The Morgan fingerprint density at radius 1 is 1.14 bits per heavy atom. The molecule has 0 radical (unpaired) electrons. The smallest absolute Gasteiger partial charge is 0.264 e. The molecule has 0 atom stereocenters. The summed E-state index contributed by atoms with van der Waals surface area (Å²) in [5.41, 5.74) is 4.59. The Labute approximate surface area is 229 Å². The maximum atomic E-state index is 13.1. The minimum Gasteiger partial charge on any atom is -0.493 e. The lowest BCUT2D eigenvalue weighted by Gasteiger charge is -2.14. The second-order valence-corrected chi connectivity index (χ2v) is 10.8. The highest BCUT2D eigenvalue weighted by Crippen LogP contribution is 2.37. The first-order valence-corrected chi connectivity index (χ1v) is 13.2. The number of methoxy groups -OCH3 is 1. The molecule has 3 aromatic rings. The molecular formula is C26H21BrFIN2O3S. The molecule has 4 rings (SSSR count). The third kappa shape index (κ3) is 6.25. The number of hydrogen-bond donors (Lipinski definition) is 1. The monoisotopic (exact) mass is 666 g/mol. The van der Waals surface area contributed by atoms with Gasteiger partial charge in [0.15, 0.2) is 16.7 Å². The Hall–Kier alpha value is -2.37. The van der Waals surface area contributed by atoms with E-state index in [1.54, 1.807) is 25.3 Å². The number of hydrogen-bond acceptors (Lipinski definition) is 5. The number of rotatable bonds is 6. The topological polar surface area (TPSA) is 59.9 Å². The standard InChI is InChI=1S/C26H21BrFIN2O3S/c1-14-8-19(9-15(2)23(14)27)30-26-31-25(32)22(35-26)12-17-10-20(29)24(21(11-17)33-3)34-13-16-4-6-18(28)7-5-16/h4-12H,13H2,1-3H3,(H,30,31,32)/b22-12-. The van der Waals surface area contributed by atoms with Crippen LogP contribution < -0.4 is 14.8 Å². The van der Waals surface area contributed by atoms with Gasteiger partial charge in [0, 0.05) is 4.47 Å². The third-order valence-corrected chi connectivity index (χ3v) is 8.11. The molecule has 0 spiro atoms. The second-order valence-electron chi connectivity index (χ2n) is 7.82. The van der Waals surface area contributed by atoms with Crippen molar-refractivity contribution in [2.45, 2.75) is 20.5 Å². The molecule has 9 heteroatoms. The number of nitrogens with one attached hydrogen (secondary N) is 1. The minimum atomic E-state index is -0.289. The fourth-order valence-corrected chi connectivity index (χ4v) is 5.29. The molecule has 0 unspecified atom stereocenters. The van der Waals surface area contributed by atoms with Gasteiger partial charge in [-0.1, -0.05) is 28.1 Å². The number of carbonyl (C=O) groups excluding carboxylic acids is 1. The number of amidine groups is 1. The number of carbonyl (C=O) groups is 1. The molecular weight excluding hydrogens is 646 g/mol. The van der Waals surface area contributed by atoms with Crippen molar-refractivity contribution in [1.29, 1.82) is 0 Å². The fraction of sp³-hybridized carbons (Fsp3) is 0.154. The highest BCUT2D eigenvalue weighted by Gasteiger charge is 2.24. The average Bonchev–Trinajstić information content (AvgIpc) is 3.15. The van der Waals surface area contributed by atoms with Crippen LogP contribution in [0.15, 0.2) is 62.9 Å². The van der Waals surface area contributed by atoms with Gasteiger partial charge in [-0.25, -0.2) is 9.38 Å². The molecule has 35 heavy (non-hydrogen) atoms. The number of amides is 1. The van der Waals surface area contributed by atoms with Gasteiger partial charge in [-0.05, 0) is 113 Å². The predicted octanol–water partition coefficient (Wildman–Crippen LogP) is 7.29. The quantitative estimate of drug-likeness (QED) is 0.222. The molecule has 1 aliphatic rings. The lowest BCUT2D eigenvalue weighted by atomic mass is 10.1. The second kappa shape index (κ2) is 11.1.